The molecule has 0 radical (unpaired) electrons. The molecule has 3 aromatic rings. The van der Waals surface area contributed by atoms with E-state index in [0.717, 1.165) is 21.5 Å². The Hall–Kier alpha value is -1.61. The van der Waals surface area contributed by atoms with Gasteiger partial charge in [-0.05, 0) is 53.8 Å². The van der Waals surface area contributed by atoms with E-state index in [1.54, 1.807) is 0 Å². The SMILES string of the molecule is CC1CCC(c2ccc3[nH]c(=O)c4sccc4c3c2)CC1. The molecule has 0 atom stereocenters. The number of aromatic amines is 1. The van der Waals surface area contributed by atoms with E-state index in [1.165, 1.54) is 48.0 Å². The maximum atomic E-state index is 12.0. The van der Waals surface area contributed by atoms with Crippen molar-refractivity contribution in [3.63, 3.8) is 0 Å². The van der Waals surface area contributed by atoms with Crippen molar-refractivity contribution < 1.29 is 0 Å². The first kappa shape index (κ1) is 13.1. The van der Waals surface area contributed by atoms with Gasteiger partial charge < -0.3 is 4.98 Å². The van der Waals surface area contributed by atoms with Crippen LogP contribution in [0.3, 0.4) is 0 Å². The molecule has 1 N–H and O–H groups in total. The summed E-state index contributed by atoms with van der Waals surface area (Å²) in [5.41, 5.74) is 2.43. The van der Waals surface area contributed by atoms with E-state index in [9.17, 15) is 4.79 Å². The summed E-state index contributed by atoms with van der Waals surface area (Å²) in [5, 5.41) is 4.31. The van der Waals surface area contributed by atoms with Crippen molar-refractivity contribution in [1.82, 2.24) is 4.98 Å². The first-order chi connectivity index (χ1) is 10.2. The van der Waals surface area contributed by atoms with Crippen LogP contribution < -0.4 is 5.56 Å². The Kier molecular flexibility index (Phi) is 3.11. The lowest BCUT2D eigenvalue weighted by Gasteiger charge is -2.26. The Morgan fingerprint density at radius 2 is 1.90 bits per heavy atom. The molecule has 1 saturated carbocycles. The van der Waals surface area contributed by atoms with Crippen molar-refractivity contribution in [3.05, 3.63) is 45.6 Å². The number of aromatic nitrogens is 1. The van der Waals surface area contributed by atoms with Gasteiger partial charge in [-0.25, -0.2) is 0 Å². The van der Waals surface area contributed by atoms with E-state index in [1.807, 2.05) is 5.38 Å². The predicted molar refractivity (Wildman–Crippen MR) is 90.3 cm³/mol. The van der Waals surface area contributed by atoms with Gasteiger partial charge in [0, 0.05) is 16.3 Å². The molecule has 3 heteroatoms. The molecule has 0 amide bonds. The molecular formula is C18H19NOS. The number of pyridine rings is 1. The largest absolute Gasteiger partial charge is 0.321 e. The number of hydrogen-bond donors (Lipinski definition) is 1. The van der Waals surface area contributed by atoms with Crippen LogP contribution in [0.2, 0.25) is 0 Å². The highest BCUT2D eigenvalue weighted by molar-refractivity contribution is 7.17. The second kappa shape index (κ2) is 4.99. The number of benzene rings is 1. The van der Waals surface area contributed by atoms with Gasteiger partial charge in [-0.15, -0.1) is 11.3 Å². The molecule has 108 valence electrons. The van der Waals surface area contributed by atoms with Crippen molar-refractivity contribution in [1.29, 1.82) is 0 Å². The highest BCUT2D eigenvalue weighted by atomic mass is 32.1. The summed E-state index contributed by atoms with van der Waals surface area (Å²) in [6.45, 7) is 2.36. The van der Waals surface area contributed by atoms with Gasteiger partial charge in [0.1, 0.15) is 4.70 Å². The van der Waals surface area contributed by atoms with Gasteiger partial charge >= 0.3 is 0 Å². The first-order valence-corrected chi connectivity index (χ1v) is 8.63. The summed E-state index contributed by atoms with van der Waals surface area (Å²) in [4.78, 5) is 15.0. The van der Waals surface area contributed by atoms with Crippen LogP contribution in [0.15, 0.2) is 34.4 Å². The molecule has 2 heterocycles. The molecule has 2 nitrogen and oxygen atoms in total. The number of nitrogens with one attached hydrogen (secondary N) is 1. The summed E-state index contributed by atoms with van der Waals surface area (Å²) in [6.07, 6.45) is 5.26. The van der Waals surface area contributed by atoms with Crippen molar-refractivity contribution in [2.45, 2.75) is 38.5 Å². The van der Waals surface area contributed by atoms with Crippen molar-refractivity contribution in [3.8, 4) is 0 Å². The molecular weight excluding hydrogens is 278 g/mol. The van der Waals surface area contributed by atoms with E-state index in [-0.39, 0.29) is 5.56 Å². The van der Waals surface area contributed by atoms with Crippen LogP contribution in [0.5, 0.6) is 0 Å². The minimum atomic E-state index is 0.0340. The fourth-order valence-corrected chi connectivity index (χ4v) is 4.42. The highest BCUT2D eigenvalue weighted by Crippen LogP contribution is 2.37. The zero-order chi connectivity index (χ0) is 14.4. The van der Waals surface area contributed by atoms with Gasteiger partial charge in [0.25, 0.3) is 5.56 Å². The molecule has 0 spiro atoms. The molecule has 0 aliphatic heterocycles. The second-order valence-corrected chi connectivity index (χ2v) is 7.30. The van der Waals surface area contributed by atoms with Crippen LogP contribution in [0.25, 0.3) is 21.0 Å². The third kappa shape index (κ3) is 2.20. The lowest BCUT2D eigenvalue weighted by molar-refractivity contribution is 0.348. The van der Waals surface area contributed by atoms with Crippen LogP contribution in [0.4, 0.5) is 0 Å². The van der Waals surface area contributed by atoms with Gasteiger partial charge in [-0.1, -0.05) is 25.8 Å². The fraction of sp³-hybridized carbons (Fsp3) is 0.389. The normalized spacial score (nSPS) is 22.9. The van der Waals surface area contributed by atoms with Crippen LogP contribution in [-0.4, -0.2) is 4.98 Å². The number of rotatable bonds is 1. The lowest BCUT2D eigenvalue weighted by Crippen LogP contribution is -2.11. The predicted octanol–water partition coefficient (Wildman–Crippen LogP) is 5.04. The van der Waals surface area contributed by atoms with Crippen molar-refractivity contribution >= 4 is 32.3 Å². The molecule has 1 fully saturated rings. The molecule has 0 saturated heterocycles. The van der Waals surface area contributed by atoms with Gasteiger partial charge in [0.15, 0.2) is 0 Å². The molecule has 1 aromatic carbocycles. The van der Waals surface area contributed by atoms with Gasteiger partial charge in [-0.3, -0.25) is 4.79 Å². The zero-order valence-electron chi connectivity index (χ0n) is 12.2. The van der Waals surface area contributed by atoms with Crippen molar-refractivity contribution in [2.75, 3.05) is 0 Å². The Morgan fingerprint density at radius 1 is 1.10 bits per heavy atom. The van der Waals surface area contributed by atoms with E-state index in [4.69, 9.17) is 0 Å². The molecule has 1 aliphatic carbocycles. The highest BCUT2D eigenvalue weighted by Gasteiger charge is 2.20. The summed E-state index contributed by atoms with van der Waals surface area (Å²) in [5.74, 6) is 1.56. The molecule has 4 rings (SSSR count). The maximum Gasteiger partial charge on any atom is 0.266 e. The van der Waals surface area contributed by atoms with Crippen LogP contribution >= 0.6 is 11.3 Å². The number of hydrogen-bond acceptors (Lipinski definition) is 2. The number of fused-ring (bicyclic) bond motifs is 3. The average molecular weight is 297 g/mol. The molecule has 1 aliphatic rings. The smallest absolute Gasteiger partial charge is 0.266 e. The Balaban J connectivity index is 1.85. The number of thiophene rings is 1. The minimum absolute atomic E-state index is 0.0340. The molecule has 2 aromatic heterocycles. The Labute approximate surface area is 127 Å². The Morgan fingerprint density at radius 3 is 2.71 bits per heavy atom. The minimum Gasteiger partial charge on any atom is -0.321 e. The lowest BCUT2D eigenvalue weighted by atomic mass is 9.79. The van der Waals surface area contributed by atoms with Crippen LogP contribution in [0, 0.1) is 5.92 Å². The van der Waals surface area contributed by atoms with Gasteiger partial charge in [-0.2, -0.15) is 0 Å². The third-order valence-corrected chi connectivity index (χ3v) is 5.85. The Bertz CT molecular complexity index is 852. The van der Waals surface area contributed by atoms with E-state index in [0.29, 0.717) is 5.92 Å². The van der Waals surface area contributed by atoms with Crippen LogP contribution in [-0.2, 0) is 0 Å². The first-order valence-electron chi connectivity index (χ1n) is 7.75. The molecule has 21 heavy (non-hydrogen) atoms. The molecule has 0 bridgehead atoms. The zero-order valence-corrected chi connectivity index (χ0v) is 13.0. The number of H-pyrrole nitrogens is 1. The monoisotopic (exact) mass is 297 g/mol. The average Bonchev–Trinajstić information content (AvgIpc) is 2.98. The van der Waals surface area contributed by atoms with E-state index >= 15 is 0 Å². The topological polar surface area (TPSA) is 32.9 Å². The summed E-state index contributed by atoms with van der Waals surface area (Å²) in [6, 6.07) is 8.67. The quantitative estimate of drug-likeness (QED) is 0.671. The van der Waals surface area contributed by atoms with E-state index < -0.39 is 0 Å². The standard InChI is InChI=1S/C18H19NOS/c1-11-2-4-12(5-3-11)13-6-7-16-15(10-13)14-8-9-21-17(14)18(20)19-16/h6-12H,2-5H2,1H3,(H,19,20). The van der Waals surface area contributed by atoms with Gasteiger partial charge in [0.2, 0.25) is 0 Å². The van der Waals surface area contributed by atoms with E-state index in [2.05, 4.69) is 36.2 Å². The fourth-order valence-electron chi connectivity index (χ4n) is 3.62. The summed E-state index contributed by atoms with van der Waals surface area (Å²) >= 11 is 1.53. The maximum absolute atomic E-state index is 12.0. The second-order valence-electron chi connectivity index (χ2n) is 6.38. The summed E-state index contributed by atoms with van der Waals surface area (Å²) < 4.78 is 0.844. The summed E-state index contributed by atoms with van der Waals surface area (Å²) in [7, 11) is 0. The van der Waals surface area contributed by atoms with Crippen LogP contribution in [0.1, 0.15) is 44.1 Å². The molecule has 0 unspecified atom stereocenters. The van der Waals surface area contributed by atoms with Gasteiger partial charge in [0.05, 0.1) is 0 Å². The third-order valence-electron chi connectivity index (χ3n) is 4.94. The van der Waals surface area contributed by atoms with Crippen molar-refractivity contribution in [2.24, 2.45) is 5.92 Å².